The predicted octanol–water partition coefficient (Wildman–Crippen LogP) is 14.5. The number of para-hydroxylation sites is 2. The molecule has 0 N–H and O–H groups in total. The Morgan fingerprint density at radius 2 is 0.633 bits per heavy atom. The lowest BCUT2D eigenvalue weighted by Gasteiger charge is -2.34. The van der Waals surface area contributed by atoms with Gasteiger partial charge in [-0.2, -0.15) is 0 Å². The summed E-state index contributed by atoms with van der Waals surface area (Å²) < 4.78 is 0. The summed E-state index contributed by atoms with van der Waals surface area (Å²) in [5.74, 6) is 0. The molecule has 0 spiro atoms. The van der Waals surface area contributed by atoms with Gasteiger partial charge in [-0.3, -0.25) is 0 Å². The van der Waals surface area contributed by atoms with Crippen molar-refractivity contribution in [2.45, 2.75) is 105 Å². The van der Waals surface area contributed by atoms with E-state index in [0.717, 1.165) is 34.1 Å². The highest BCUT2D eigenvalue weighted by atomic mass is 35.5. The van der Waals surface area contributed by atoms with Crippen LogP contribution in [0.25, 0.3) is 0 Å². The molecular formula is C46H55ClN2. The Labute approximate surface area is 301 Å². The van der Waals surface area contributed by atoms with Crippen LogP contribution in [0.1, 0.15) is 105 Å². The van der Waals surface area contributed by atoms with Crippen LogP contribution >= 0.6 is 11.6 Å². The third-order valence-corrected chi connectivity index (χ3v) is 9.67. The SMILES string of the molecule is CC(C)(C)c1cc(N(c2ccccc2)c2cccc(N(c3ccccc3)c3cc(C(C)(C)C)cc(C(C)(C)C)c3)c2Cl)cc(C(C)(C)C)c1. The van der Waals surface area contributed by atoms with Gasteiger partial charge in [0.15, 0.2) is 0 Å². The van der Waals surface area contributed by atoms with Gasteiger partial charge in [-0.1, -0.05) is 149 Å². The number of hydrogen-bond acceptors (Lipinski definition) is 2. The minimum Gasteiger partial charge on any atom is -0.309 e. The van der Waals surface area contributed by atoms with E-state index >= 15 is 0 Å². The van der Waals surface area contributed by atoms with Crippen LogP contribution in [-0.4, -0.2) is 0 Å². The van der Waals surface area contributed by atoms with Gasteiger partial charge in [-0.15, -0.1) is 0 Å². The average molecular weight is 671 g/mol. The molecule has 0 saturated carbocycles. The van der Waals surface area contributed by atoms with Crippen molar-refractivity contribution in [2.24, 2.45) is 0 Å². The van der Waals surface area contributed by atoms with Crippen molar-refractivity contribution >= 4 is 45.7 Å². The van der Waals surface area contributed by atoms with Gasteiger partial charge in [0.1, 0.15) is 0 Å². The minimum absolute atomic E-state index is 0.0308. The van der Waals surface area contributed by atoms with Crippen LogP contribution in [0.4, 0.5) is 34.1 Å². The fourth-order valence-corrected chi connectivity index (χ4v) is 6.37. The lowest BCUT2D eigenvalue weighted by atomic mass is 9.80. The molecule has 256 valence electrons. The van der Waals surface area contributed by atoms with Crippen molar-refractivity contribution in [3.63, 3.8) is 0 Å². The van der Waals surface area contributed by atoms with E-state index in [1.165, 1.54) is 22.3 Å². The maximum Gasteiger partial charge on any atom is 0.0887 e. The Morgan fingerprint density at radius 3 is 0.898 bits per heavy atom. The first-order valence-electron chi connectivity index (χ1n) is 17.6. The highest BCUT2D eigenvalue weighted by Gasteiger charge is 2.28. The van der Waals surface area contributed by atoms with E-state index in [1.807, 2.05) is 0 Å². The highest BCUT2D eigenvalue weighted by Crippen LogP contribution is 2.48. The zero-order valence-corrected chi connectivity index (χ0v) is 32.5. The zero-order valence-electron chi connectivity index (χ0n) is 31.7. The first kappa shape index (κ1) is 36.3. The Morgan fingerprint density at radius 1 is 0.347 bits per heavy atom. The van der Waals surface area contributed by atoms with Gasteiger partial charge in [-0.25, -0.2) is 0 Å². The van der Waals surface area contributed by atoms with Gasteiger partial charge >= 0.3 is 0 Å². The molecule has 5 aromatic rings. The van der Waals surface area contributed by atoms with Crippen LogP contribution in [0.2, 0.25) is 5.02 Å². The van der Waals surface area contributed by atoms with E-state index in [4.69, 9.17) is 11.6 Å². The highest BCUT2D eigenvalue weighted by molar-refractivity contribution is 6.36. The van der Waals surface area contributed by atoms with E-state index in [-0.39, 0.29) is 21.7 Å². The molecule has 2 nitrogen and oxygen atoms in total. The summed E-state index contributed by atoms with van der Waals surface area (Å²) >= 11 is 7.73. The summed E-state index contributed by atoms with van der Waals surface area (Å²) in [7, 11) is 0. The molecule has 0 heterocycles. The Kier molecular flexibility index (Phi) is 9.90. The maximum absolute atomic E-state index is 7.73. The zero-order chi connectivity index (χ0) is 35.9. The molecule has 0 aliphatic heterocycles. The third-order valence-electron chi connectivity index (χ3n) is 9.28. The van der Waals surface area contributed by atoms with Gasteiger partial charge in [0.25, 0.3) is 0 Å². The summed E-state index contributed by atoms with van der Waals surface area (Å²) in [6.45, 7) is 27.4. The van der Waals surface area contributed by atoms with E-state index in [9.17, 15) is 0 Å². The van der Waals surface area contributed by atoms with E-state index in [1.54, 1.807) is 0 Å². The van der Waals surface area contributed by atoms with Crippen LogP contribution < -0.4 is 9.80 Å². The van der Waals surface area contributed by atoms with Gasteiger partial charge in [0.05, 0.1) is 16.4 Å². The number of anilines is 6. The lowest BCUT2D eigenvalue weighted by molar-refractivity contribution is 0.568. The van der Waals surface area contributed by atoms with Crippen molar-refractivity contribution < 1.29 is 0 Å². The second-order valence-electron chi connectivity index (χ2n) is 17.5. The first-order valence-corrected chi connectivity index (χ1v) is 17.9. The molecule has 5 rings (SSSR count). The van der Waals surface area contributed by atoms with Crippen molar-refractivity contribution in [1.29, 1.82) is 0 Å². The van der Waals surface area contributed by atoms with Crippen molar-refractivity contribution in [2.75, 3.05) is 9.80 Å². The average Bonchev–Trinajstić information content (AvgIpc) is 3.02. The van der Waals surface area contributed by atoms with Crippen molar-refractivity contribution in [1.82, 2.24) is 0 Å². The molecule has 3 heteroatoms. The van der Waals surface area contributed by atoms with Crippen LogP contribution in [0.5, 0.6) is 0 Å². The Balaban J connectivity index is 1.82. The fraction of sp³-hybridized carbons (Fsp3) is 0.348. The first-order chi connectivity index (χ1) is 22.7. The van der Waals surface area contributed by atoms with Crippen LogP contribution in [0.3, 0.4) is 0 Å². The van der Waals surface area contributed by atoms with Crippen LogP contribution in [0.15, 0.2) is 115 Å². The van der Waals surface area contributed by atoms with Gasteiger partial charge in [0, 0.05) is 22.7 Å². The molecule has 0 fully saturated rings. The number of rotatable bonds is 6. The molecule has 0 aliphatic rings. The number of benzene rings is 5. The van der Waals surface area contributed by atoms with Crippen LogP contribution in [0, 0.1) is 0 Å². The van der Waals surface area contributed by atoms with Crippen molar-refractivity contribution in [3.8, 4) is 0 Å². The molecule has 0 amide bonds. The Hall–Kier alpha value is -4.01. The normalized spacial score (nSPS) is 12.6. The molecule has 0 aliphatic carbocycles. The topological polar surface area (TPSA) is 6.48 Å². The van der Waals surface area contributed by atoms with Crippen LogP contribution in [-0.2, 0) is 21.7 Å². The maximum atomic E-state index is 7.73. The molecular weight excluding hydrogens is 616 g/mol. The smallest absolute Gasteiger partial charge is 0.0887 e. The quantitative estimate of drug-likeness (QED) is 0.177. The number of halogens is 1. The molecule has 0 atom stereocenters. The lowest BCUT2D eigenvalue weighted by Crippen LogP contribution is -2.20. The summed E-state index contributed by atoms with van der Waals surface area (Å²) in [6.07, 6.45) is 0. The monoisotopic (exact) mass is 670 g/mol. The summed E-state index contributed by atoms with van der Waals surface area (Å²) in [4.78, 5) is 4.65. The van der Waals surface area contributed by atoms with E-state index in [2.05, 4.69) is 208 Å². The summed E-state index contributed by atoms with van der Waals surface area (Å²) in [5, 5.41) is 0.687. The van der Waals surface area contributed by atoms with E-state index in [0.29, 0.717) is 5.02 Å². The van der Waals surface area contributed by atoms with E-state index < -0.39 is 0 Å². The predicted molar refractivity (Wildman–Crippen MR) is 216 cm³/mol. The van der Waals surface area contributed by atoms with Gasteiger partial charge < -0.3 is 9.80 Å². The summed E-state index contributed by atoms with van der Waals surface area (Å²) in [5.41, 5.74) is 11.2. The molecule has 0 aromatic heterocycles. The molecule has 49 heavy (non-hydrogen) atoms. The molecule has 0 bridgehead atoms. The summed E-state index contributed by atoms with van der Waals surface area (Å²) in [6, 6.07) is 41.7. The minimum atomic E-state index is -0.0308. The largest absolute Gasteiger partial charge is 0.309 e. The number of nitrogens with zero attached hydrogens (tertiary/aromatic N) is 2. The molecule has 0 radical (unpaired) electrons. The van der Waals surface area contributed by atoms with Crippen molar-refractivity contribution in [3.05, 3.63) is 143 Å². The Bertz CT molecular complexity index is 1690. The number of hydrogen-bond donors (Lipinski definition) is 0. The van der Waals surface area contributed by atoms with Gasteiger partial charge in [-0.05, 0) is 105 Å². The van der Waals surface area contributed by atoms with Gasteiger partial charge in [0.2, 0.25) is 0 Å². The standard InChI is InChI=1S/C46H55ClN2/c1-43(2,3)32-26-33(44(4,5)6)29-38(28-32)48(36-20-15-13-16-21-36)40-24-19-25-41(42(40)47)49(37-22-17-14-18-23-37)39-30-34(45(7,8)9)27-35(31-39)46(10,11)12/h13-31H,1-12H3. The molecule has 0 saturated heterocycles. The molecule has 5 aromatic carbocycles. The third kappa shape index (κ3) is 8.08. The second-order valence-corrected chi connectivity index (χ2v) is 17.9. The fourth-order valence-electron chi connectivity index (χ4n) is 6.07. The second kappa shape index (κ2) is 13.4. The molecule has 0 unspecified atom stereocenters.